The van der Waals surface area contributed by atoms with Gasteiger partial charge in [-0.1, -0.05) is 30.9 Å². The molecular formula is C28H25ClF2N4O4. The van der Waals surface area contributed by atoms with Crippen LogP contribution in [-0.2, 0) is 4.79 Å². The number of carboxylic acids is 1. The Morgan fingerprint density at radius 3 is 2.41 bits per heavy atom. The van der Waals surface area contributed by atoms with Gasteiger partial charge in [-0.05, 0) is 55.2 Å². The summed E-state index contributed by atoms with van der Waals surface area (Å²) in [5.74, 6) is -3.33. The third kappa shape index (κ3) is 5.29. The molecule has 0 bridgehead atoms. The summed E-state index contributed by atoms with van der Waals surface area (Å²) in [5, 5.41) is 12.3. The molecule has 1 aliphatic carbocycles. The van der Waals surface area contributed by atoms with Crippen LogP contribution < -0.4 is 10.1 Å². The number of imidazole rings is 1. The van der Waals surface area contributed by atoms with Crippen LogP contribution in [0.2, 0.25) is 5.15 Å². The monoisotopic (exact) mass is 554 g/mol. The molecule has 1 unspecified atom stereocenters. The van der Waals surface area contributed by atoms with Gasteiger partial charge in [-0.3, -0.25) is 4.79 Å². The third-order valence-electron chi connectivity index (χ3n) is 7.03. The van der Waals surface area contributed by atoms with E-state index in [9.17, 15) is 23.5 Å². The lowest BCUT2D eigenvalue weighted by molar-refractivity contribution is -0.121. The zero-order valence-corrected chi connectivity index (χ0v) is 21.7. The zero-order valence-electron chi connectivity index (χ0n) is 21.0. The number of aromatic nitrogens is 3. The highest BCUT2D eigenvalue weighted by molar-refractivity contribution is 6.29. The lowest BCUT2D eigenvalue weighted by atomic mass is 9.83. The summed E-state index contributed by atoms with van der Waals surface area (Å²) in [6.45, 7) is 0. The van der Waals surface area contributed by atoms with Crippen LogP contribution in [0.3, 0.4) is 0 Å². The zero-order chi connectivity index (χ0) is 27.7. The molecule has 202 valence electrons. The van der Waals surface area contributed by atoms with Crippen LogP contribution in [0.1, 0.15) is 48.5 Å². The Labute approximate surface area is 227 Å². The van der Waals surface area contributed by atoms with Crippen molar-refractivity contribution in [1.29, 1.82) is 0 Å². The van der Waals surface area contributed by atoms with Crippen LogP contribution >= 0.6 is 11.6 Å². The normalized spacial score (nSPS) is 14.8. The van der Waals surface area contributed by atoms with E-state index < -0.39 is 29.6 Å². The maximum atomic E-state index is 14.6. The predicted molar refractivity (Wildman–Crippen MR) is 142 cm³/mol. The summed E-state index contributed by atoms with van der Waals surface area (Å²) in [4.78, 5) is 34.1. The maximum Gasteiger partial charge on any atom is 0.335 e. The van der Waals surface area contributed by atoms with Gasteiger partial charge in [0, 0.05) is 17.8 Å². The molecule has 2 heterocycles. The first-order chi connectivity index (χ1) is 18.8. The fourth-order valence-corrected chi connectivity index (χ4v) is 5.35. The van der Waals surface area contributed by atoms with Crippen LogP contribution in [0.5, 0.6) is 5.88 Å². The number of rotatable bonds is 7. The number of amides is 1. The Bertz CT molecular complexity index is 1550. The van der Waals surface area contributed by atoms with Crippen molar-refractivity contribution in [3.63, 3.8) is 0 Å². The number of benzene rings is 2. The largest absolute Gasteiger partial charge is 0.480 e. The number of nitrogens with one attached hydrogen (secondary N) is 1. The Morgan fingerprint density at radius 2 is 1.74 bits per heavy atom. The standard InChI is InChI=1S/C28H25ClF2N4O4/c1-39-27-18(11-12-23(29)34-27)25-33-21-13-19(30)20(31)14-22(21)35(25)24(15-5-3-2-4-6-15)26(36)32-17-9-7-16(8-10-17)28(37)38/h7-15,24H,2-6H2,1H3,(H,32,36)(H,37,38). The average Bonchev–Trinajstić information content (AvgIpc) is 3.27. The van der Waals surface area contributed by atoms with Crippen molar-refractivity contribution in [2.75, 3.05) is 12.4 Å². The van der Waals surface area contributed by atoms with Crippen molar-refractivity contribution < 1.29 is 28.2 Å². The number of pyridine rings is 1. The van der Waals surface area contributed by atoms with Gasteiger partial charge in [0.2, 0.25) is 11.8 Å². The average molecular weight is 555 g/mol. The number of carboxylic acid groups (broad SMARTS) is 1. The Hall–Kier alpha value is -4.05. The van der Waals surface area contributed by atoms with Gasteiger partial charge < -0.3 is 19.7 Å². The van der Waals surface area contributed by atoms with Crippen LogP contribution in [-0.4, -0.2) is 38.6 Å². The summed E-state index contributed by atoms with van der Waals surface area (Å²) in [6, 6.07) is 10.2. The second-order valence-corrected chi connectivity index (χ2v) is 9.85. The molecule has 11 heteroatoms. The van der Waals surface area contributed by atoms with Gasteiger partial charge in [-0.2, -0.15) is 0 Å². The minimum atomic E-state index is -1.08. The van der Waals surface area contributed by atoms with E-state index in [1.807, 2.05) is 0 Å². The van der Waals surface area contributed by atoms with Gasteiger partial charge in [-0.25, -0.2) is 23.5 Å². The molecule has 2 aromatic heterocycles. The van der Waals surface area contributed by atoms with Crippen molar-refractivity contribution in [2.45, 2.75) is 38.1 Å². The van der Waals surface area contributed by atoms with Gasteiger partial charge in [0.15, 0.2) is 11.6 Å². The van der Waals surface area contributed by atoms with Gasteiger partial charge >= 0.3 is 5.97 Å². The topological polar surface area (TPSA) is 106 Å². The van der Waals surface area contributed by atoms with Crippen LogP contribution in [0.15, 0.2) is 48.5 Å². The van der Waals surface area contributed by atoms with E-state index >= 15 is 0 Å². The third-order valence-corrected chi connectivity index (χ3v) is 7.25. The molecule has 1 atom stereocenters. The van der Waals surface area contributed by atoms with E-state index in [0.717, 1.165) is 44.2 Å². The summed E-state index contributed by atoms with van der Waals surface area (Å²) in [6.07, 6.45) is 4.36. The lowest BCUT2D eigenvalue weighted by Gasteiger charge is -2.32. The quantitative estimate of drug-likeness (QED) is 0.253. The number of fused-ring (bicyclic) bond motifs is 1. The Morgan fingerprint density at radius 1 is 1.05 bits per heavy atom. The van der Waals surface area contributed by atoms with Gasteiger partial charge in [0.25, 0.3) is 0 Å². The second-order valence-electron chi connectivity index (χ2n) is 9.47. The number of anilines is 1. The van der Waals surface area contributed by atoms with E-state index in [4.69, 9.17) is 16.3 Å². The summed E-state index contributed by atoms with van der Waals surface area (Å²) in [7, 11) is 1.42. The minimum Gasteiger partial charge on any atom is -0.480 e. The number of carbonyl (C=O) groups excluding carboxylic acids is 1. The predicted octanol–water partition coefficient (Wildman–Crippen LogP) is 6.50. The number of carbonyl (C=O) groups is 2. The number of hydrogen-bond acceptors (Lipinski definition) is 5. The molecule has 2 N–H and O–H groups in total. The fourth-order valence-electron chi connectivity index (χ4n) is 5.21. The molecule has 0 aliphatic heterocycles. The molecule has 8 nitrogen and oxygen atoms in total. The van der Waals surface area contributed by atoms with Crippen LogP contribution in [0.4, 0.5) is 14.5 Å². The summed E-state index contributed by atoms with van der Waals surface area (Å²) >= 11 is 6.08. The summed E-state index contributed by atoms with van der Waals surface area (Å²) < 4.78 is 35.9. The number of halogens is 3. The highest BCUT2D eigenvalue weighted by atomic mass is 35.5. The molecule has 2 aromatic carbocycles. The van der Waals surface area contributed by atoms with E-state index in [-0.39, 0.29) is 39.4 Å². The number of aromatic carboxylic acids is 1. The number of methoxy groups -OCH3 is 1. The van der Waals surface area contributed by atoms with E-state index in [1.165, 1.54) is 31.4 Å². The lowest BCUT2D eigenvalue weighted by Crippen LogP contribution is -2.33. The van der Waals surface area contributed by atoms with Crippen molar-refractivity contribution in [3.8, 4) is 17.3 Å². The van der Waals surface area contributed by atoms with Gasteiger partial charge in [0.05, 0.1) is 29.3 Å². The van der Waals surface area contributed by atoms with Crippen molar-refractivity contribution in [2.24, 2.45) is 5.92 Å². The SMILES string of the molecule is COc1nc(Cl)ccc1-c1nc2cc(F)c(F)cc2n1C(C(=O)Nc1ccc(C(=O)O)cc1)C1CCCCC1. The van der Waals surface area contributed by atoms with E-state index in [0.29, 0.717) is 11.3 Å². The molecule has 1 aliphatic rings. The molecule has 5 rings (SSSR count). The smallest absolute Gasteiger partial charge is 0.335 e. The molecule has 1 saturated carbocycles. The number of nitrogens with zero attached hydrogens (tertiary/aromatic N) is 3. The van der Waals surface area contributed by atoms with Crippen molar-refractivity contribution >= 4 is 40.2 Å². The van der Waals surface area contributed by atoms with Crippen LogP contribution in [0, 0.1) is 17.6 Å². The molecule has 1 fully saturated rings. The van der Waals surface area contributed by atoms with Gasteiger partial charge in [0.1, 0.15) is 17.0 Å². The Kier molecular flexibility index (Phi) is 7.47. The molecule has 4 aromatic rings. The fraction of sp³-hybridized carbons (Fsp3) is 0.286. The molecule has 0 radical (unpaired) electrons. The van der Waals surface area contributed by atoms with Crippen molar-refractivity contribution in [1.82, 2.24) is 14.5 Å². The second kappa shape index (κ2) is 11.0. The maximum absolute atomic E-state index is 14.6. The summed E-state index contributed by atoms with van der Waals surface area (Å²) in [5.41, 5.74) is 1.30. The highest BCUT2D eigenvalue weighted by Crippen LogP contribution is 2.41. The minimum absolute atomic E-state index is 0.0829. The first-order valence-corrected chi connectivity index (χ1v) is 12.9. The first-order valence-electron chi connectivity index (χ1n) is 12.5. The van der Waals surface area contributed by atoms with Crippen LogP contribution in [0.25, 0.3) is 22.4 Å². The number of hydrogen-bond donors (Lipinski definition) is 2. The van der Waals surface area contributed by atoms with E-state index in [1.54, 1.807) is 16.7 Å². The first kappa shape index (κ1) is 26.6. The molecule has 39 heavy (non-hydrogen) atoms. The highest BCUT2D eigenvalue weighted by Gasteiger charge is 2.35. The van der Waals surface area contributed by atoms with Gasteiger partial charge in [-0.15, -0.1) is 0 Å². The molecule has 0 saturated heterocycles. The van der Waals surface area contributed by atoms with E-state index in [2.05, 4.69) is 15.3 Å². The molecule has 1 amide bonds. The number of ether oxygens (including phenoxy) is 1. The van der Waals surface area contributed by atoms with Crippen molar-refractivity contribution in [3.05, 3.63) is 70.9 Å². The molecular weight excluding hydrogens is 530 g/mol. The molecule has 0 spiro atoms. The Balaban J connectivity index is 1.69.